The lowest BCUT2D eigenvalue weighted by molar-refractivity contribution is 0.103. The first-order chi connectivity index (χ1) is 10.1. The molecule has 0 saturated heterocycles. The van der Waals surface area contributed by atoms with Crippen LogP contribution in [0.2, 0.25) is 0 Å². The number of carbonyl (C=O) groups is 1. The van der Waals surface area contributed by atoms with E-state index in [0.717, 1.165) is 40.4 Å². The number of hydrogen-bond donors (Lipinski definition) is 2. The van der Waals surface area contributed by atoms with Gasteiger partial charge in [0, 0.05) is 22.1 Å². The Morgan fingerprint density at radius 2 is 1.95 bits per heavy atom. The van der Waals surface area contributed by atoms with Crippen LogP contribution in [0, 0.1) is 0 Å². The lowest BCUT2D eigenvalue weighted by Gasteiger charge is -2.13. The van der Waals surface area contributed by atoms with Crippen molar-refractivity contribution in [3.63, 3.8) is 0 Å². The minimum absolute atomic E-state index is 0.0473. The Morgan fingerprint density at radius 1 is 1.24 bits per heavy atom. The smallest absolute Gasteiger partial charge is 0.196 e. The summed E-state index contributed by atoms with van der Waals surface area (Å²) in [6.07, 6.45) is 2.93. The van der Waals surface area contributed by atoms with Crippen molar-refractivity contribution in [2.45, 2.75) is 25.8 Å². The highest BCUT2D eigenvalue weighted by molar-refractivity contribution is 9.10. The number of phenolic OH excluding ortho intramolecular Hbond substituents is 1. The molecule has 3 rings (SSSR count). The van der Waals surface area contributed by atoms with E-state index in [0.29, 0.717) is 11.1 Å². The van der Waals surface area contributed by atoms with Crippen LogP contribution < -0.4 is 5.73 Å². The quantitative estimate of drug-likeness (QED) is 0.838. The standard InChI is InChI=1S/C17H16BrNO2/c18-12-6-4-10(5-7-12)16(20)14-8-11-2-1-3-13(11)15(9-19)17(14)21/h4-8,21H,1-3,9,19H2. The highest BCUT2D eigenvalue weighted by Gasteiger charge is 2.23. The first-order valence-corrected chi connectivity index (χ1v) is 7.78. The monoisotopic (exact) mass is 345 g/mol. The van der Waals surface area contributed by atoms with Crippen LogP contribution in [0.5, 0.6) is 5.75 Å². The van der Waals surface area contributed by atoms with Gasteiger partial charge in [0.15, 0.2) is 5.78 Å². The molecular weight excluding hydrogens is 330 g/mol. The lowest BCUT2D eigenvalue weighted by Crippen LogP contribution is -2.08. The molecule has 3 N–H and O–H groups in total. The molecule has 2 aromatic rings. The van der Waals surface area contributed by atoms with E-state index in [4.69, 9.17) is 5.73 Å². The van der Waals surface area contributed by atoms with Gasteiger partial charge in [-0.15, -0.1) is 0 Å². The van der Waals surface area contributed by atoms with Crippen LogP contribution in [0.1, 0.15) is 39.0 Å². The maximum absolute atomic E-state index is 12.6. The molecule has 0 amide bonds. The van der Waals surface area contributed by atoms with E-state index >= 15 is 0 Å². The minimum atomic E-state index is -0.163. The number of rotatable bonds is 3. The van der Waals surface area contributed by atoms with E-state index < -0.39 is 0 Å². The van der Waals surface area contributed by atoms with E-state index in [1.165, 1.54) is 0 Å². The molecule has 4 heteroatoms. The van der Waals surface area contributed by atoms with Crippen molar-refractivity contribution in [1.82, 2.24) is 0 Å². The molecule has 0 spiro atoms. The summed E-state index contributed by atoms with van der Waals surface area (Å²) in [7, 11) is 0. The maximum atomic E-state index is 12.6. The van der Waals surface area contributed by atoms with Crippen molar-refractivity contribution in [3.8, 4) is 5.75 Å². The van der Waals surface area contributed by atoms with Crippen molar-refractivity contribution in [3.05, 3.63) is 62.6 Å². The van der Waals surface area contributed by atoms with E-state index in [1.54, 1.807) is 12.1 Å². The summed E-state index contributed by atoms with van der Waals surface area (Å²) < 4.78 is 0.917. The van der Waals surface area contributed by atoms with Crippen LogP contribution in [-0.4, -0.2) is 10.9 Å². The number of halogens is 1. The Kier molecular flexibility index (Phi) is 3.83. The number of hydrogen-bond acceptors (Lipinski definition) is 3. The molecule has 2 aromatic carbocycles. The van der Waals surface area contributed by atoms with Gasteiger partial charge in [-0.2, -0.15) is 0 Å². The normalized spacial score (nSPS) is 13.2. The highest BCUT2D eigenvalue weighted by atomic mass is 79.9. The number of fused-ring (bicyclic) bond motifs is 1. The van der Waals surface area contributed by atoms with Crippen LogP contribution in [0.4, 0.5) is 0 Å². The molecule has 1 aliphatic carbocycles. The fourth-order valence-corrected chi connectivity index (χ4v) is 3.23. The predicted octanol–water partition coefficient (Wildman–Crippen LogP) is 3.33. The average Bonchev–Trinajstić information content (AvgIpc) is 2.95. The number of phenols is 1. The summed E-state index contributed by atoms with van der Waals surface area (Å²) in [5.74, 6) is -0.115. The Bertz CT molecular complexity index is 708. The number of aryl methyl sites for hydroxylation is 1. The fourth-order valence-electron chi connectivity index (χ4n) is 2.97. The van der Waals surface area contributed by atoms with Crippen molar-refractivity contribution in [1.29, 1.82) is 0 Å². The Morgan fingerprint density at radius 3 is 2.62 bits per heavy atom. The Labute approximate surface area is 131 Å². The van der Waals surface area contributed by atoms with E-state index in [-0.39, 0.29) is 18.1 Å². The Hall–Kier alpha value is -1.65. The molecule has 1 aliphatic rings. The molecule has 3 nitrogen and oxygen atoms in total. The SMILES string of the molecule is NCc1c(O)c(C(=O)c2ccc(Br)cc2)cc2c1CCC2. The van der Waals surface area contributed by atoms with Gasteiger partial charge in [0.2, 0.25) is 0 Å². The summed E-state index contributed by atoms with van der Waals surface area (Å²) >= 11 is 3.35. The van der Waals surface area contributed by atoms with Gasteiger partial charge >= 0.3 is 0 Å². The second kappa shape index (κ2) is 5.62. The average molecular weight is 346 g/mol. The number of nitrogens with two attached hydrogens (primary N) is 1. The zero-order chi connectivity index (χ0) is 15.0. The lowest BCUT2D eigenvalue weighted by atomic mass is 9.93. The van der Waals surface area contributed by atoms with Gasteiger partial charge < -0.3 is 10.8 Å². The van der Waals surface area contributed by atoms with Crippen molar-refractivity contribution in [2.75, 3.05) is 0 Å². The zero-order valence-corrected chi connectivity index (χ0v) is 13.1. The molecular formula is C17H16BrNO2. The molecule has 0 aliphatic heterocycles. The number of aromatic hydroxyl groups is 1. The summed E-state index contributed by atoms with van der Waals surface area (Å²) in [6, 6.07) is 8.98. The van der Waals surface area contributed by atoms with E-state index in [9.17, 15) is 9.90 Å². The summed E-state index contributed by atoms with van der Waals surface area (Å²) in [6.45, 7) is 0.260. The summed E-state index contributed by atoms with van der Waals surface area (Å²) in [4.78, 5) is 12.6. The second-order valence-electron chi connectivity index (χ2n) is 5.28. The number of ketones is 1. The van der Waals surface area contributed by atoms with Crippen LogP contribution in [0.3, 0.4) is 0 Å². The van der Waals surface area contributed by atoms with E-state index in [1.807, 2.05) is 18.2 Å². The number of benzene rings is 2. The molecule has 0 heterocycles. The van der Waals surface area contributed by atoms with Gasteiger partial charge in [0.05, 0.1) is 5.56 Å². The van der Waals surface area contributed by atoms with Gasteiger partial charge in [-0.05, 0) is 60.7 Å². The predicted molar refractivity (Wildman–Crippen MR) is 85.6 cm³/mol. The van der Waals surface area contributed by atoms with Gasteiger partial charge in [-0.25, -0.2) is 0 Å². The zero-order valence-electron chi connectivity index (χ0n) is 11.5. The molecule has 0 unspecified atom stereocenters. The molecule has 108 valence electrons. The molecule has 0 bridgehead atoms. The maximum Gasteiger partial charge on any atom is 0.196 e. The van der Waals surface area contributed by atoms with Gasteiger partial charge in [0.25, 0.3) is 0 Å². The largest absolute Gasteiger partial charge is 0.507 e. The van der Waals surface area contributed by atoms with Gasteiger partial charge in [-0.3, -0.25) is 4.79 Å². The van der Waals surface area contributed by atoms with Crippen molar-refractivity contribution in [2.24, 2.45) is 5.73 Å². The van der Waals surface area contributed by atoms with Crippen LogP contribution in [0.25, 0.3) is 0 Å². The third-order valence-electron chi connectivity index (χ3n) is 4.04. The first kappa shape index (κ1) is 14.3. The first-order valence-electron chi connectivity index (χ1n) is 6.98. The Balaban J connectivity index is 2.10. The van der Waals surface area contributed by atoms with Crippen LogP contribution in [0.15, 0.2) is 34.8 Å². The summed E-state index contributed by atoms with van der Waals surface area (Å²) in [5, 5.41) is 10.4. The highest BCUT2D eigenvalue weighted by Crippen LogP contribution is 2.35. The van der Waals surface area contributed by atoms with Gasteiger partial charge in [-0.1, -0.05) is 15.9 Å². The third-order valence-corrected chi connectivity index (χ3v) is 4.57. The van der Waals surface area contributed by atoms with Crippen molar-refractivity contribution < 1.29 is 9.90 Å². The molecule has 0 fully saturated rings. The van der Waals surface area contributed by atoms with Crippen LogP contribution >= 0.6 is 15.9 Å². The minimum Gasteiger partial charge on any atom is -0.507 e. The molecule has 0 saturated carbocycles. The fraction of sp³-hybridized carbons (Fsp3) is 0.235. The molecule has 21 heavy (non-hydrogen) atoms. The molecule has 0 radical (unpaired) electrons. The number of carbonyl (C=O) groups excluding carboxylic acids is 1. The second-order valence-corrected chi connectivity index (χ2v) is 6.20. The van der Waals surface area contributed by atoms with Crippen molar-refractivity contribution >= 4 is 21.7 Å². The van der Waals surface area contributed by atoms with Crippen LogP contribution in [-0.2, 0) is 19.4 Å². The topological polar surface area (TPSA) is 63.3 Å². The summed E-state index contributed by atoms with van der Waals surface area (Å²) in [5.41, 5.74) is 9.70. The van der Waals surface area contributed by atoms with E-state index in [2.05, 4.69) is 15.9 Å². The molecule has 0 atom stereocenters. The third kappa shape index (κ3) is 2.49. The van der Waals surface area contributed by atoms with Gasteiger partial charge in [0.1, 0.15) is 5.75 Å². The molecule has 0 aromatic heterocycles.